The Morgan fingerprint density at radius 2 is 1.60 bits per heavy atom. The molecule has 3 heteroatoms. The van der Waals surface area contributed by atoms with E-state index in [4.69, 9.17) is 0 Å². The highest BCUT2D eigenvalue weighted by Gasteiger charge is 2.29. The summed E-state index contributed by atoms with van der Waals surface area (Å²) >= 11 is 0. The monoisotopic (exact) mass is 269 g/mol. The summed E-state index contributed by atoms with van der Waals surface area (Å²) in [6.45, 7) is 0. The first-order valence-corrected chi connectivity index (χ1v) is 7.31. The van der Waals surface area contributed by atoms with Crippen LogP contribution in [-0.2, 0) is 0 Å². The van der Waals surface area contributed by atoms with Crippen molar-refractivity contribution < 1.29 is 0 Å². The van der Waals surface area contributed by atoms with Gasteiger partial charge in [-0.2, -0.15) is 0 Å². The molecular formula is C17H19NO2. The maximum absolute atomic E-state index is 12.0. The lowest BCUT2D eigenvalue weighted by molar-refractivity contribution is 0.427. The summed E-state index contributed by atoms with van der Waals surface area (Å²) < 4.78 is 0. The predicted molar refractivity (Wildman–Crippen MR) is 82.1 cm³/mol. The molecule has 1 fully saturated rings. The zero-order valence-electron chi connectivity index (χ0n) is 11.8. The molecule has 0 N–H and O–H groups in total. The van der Waals surface area contributed by atoms with Gasteiger partial charge in [0.25, 0.3) is 0 Å². The molecule has 0 aromatic heterocycles. The van der Waals surface area contributed by atoms with E-state index in [1.165, 1.54) is 19.3 Å². The van der Waals surface area contributed by atoms with E-state index in [0.717, 1.165) is 18.4 Å². The second-order valence-electron chi connectivity index (χ2n) is 5.65. The number of anilines is 1. The van der Waals surface area contributed by atoms with Crippen LogP contribution >= 0.6 is 0 Å². The van der Waals surface area contributed by atoms with Gasteiger partial charge in [-0.1, -0.05) is 49.6 Å². The van der Waals surface area contributed by atoms with Gasteiger partial charge >= 0.3 is 0 Å². The molecule has 0 spiro atoms. The molecule has 2 aromatic rings. The summed E-state index contributed by atoms with van der Waals surface area (Å²) in [6.07, 6.45) is 5.94. The van der Waals surface area contributed by atoms with Gasteiger partial charge in [-0.15, -0.1) is 0 Å². The highest BCUT2D eigenvalue weighted by atomic mass is 16.2. The van der Waals surface area contributed by atoms with Gasteiger partial charge in [-0.05, 0) is 18.4 Å². The molecule has 0 aliphatic heterocycles. The van der Waals surface area contributed by atoms with Crippen LogP contribution < -0.4 is 15.8 Å². The number of benzene rings is 1. The van der Waals surface area contributed by atoms with Gasteiger partial charge in [0.05, 0.1) is 5.56 Å². The first-order chi connectivity index (χ1) is 9.70. The minimum Gasteiger partial charge on any atom is -0.368 e. The highest BCUT2D eigenvalue weighted by molar-refractivity contribution is 5.82. The Morgan fingerprint density at radius 1 is 0.950 bits per heavy atom. The fourth-order valence-corrected chi connectivity index (χ4v) is 3.24. The quantitative estimate of drug-likeness (QED) is 0.804. The van der Waals surface area contributed by atoms with Crippen molar-refractivity contribution in [3.8, 4) is 11.1 Å². The van der Waals surface area contributed by atoms with Crippen LogP contribution in [0.4, 0.5) is 5.69 Å². The van der Waals surface area contributed by atoms with Crippen molar-refractivity contribution in [3.63, 3.8) is 0 Å². The third-order valence-corrected chi connectivity index (χ3v) is 4.42. The molecule has 20 heavy (non-hydrogen) atoms. The summed E-state index contributed by atoms with van der Waals surface area (Å²) in [6, 6.07) is 9.91. The van der Waals surface area contributed by atoms with Crippen molar-refractivity contribution >= 4 is 5.69 Å². The topological polar surface area (TPSA) is 37.4 Å². The Bertz CT molecular complexity index is 662. The molecule has 3 nitrogen and oxygen atoms in total. The maximum Gasteiger partial charge on any atom is 0.250 e. The highest BCUT2D eigenvalue weighted by Crippen LogP contribution is 2.30. The summed E-state index contributed by atoms with van der Waals surface area (Å²) in [5.74, 6) is 0. The summed E-state index contributed by atoms with van der Waals surface area (Å²) in [5, 5.41) is 0. The molecule has 0 amide bonds. The van der Waals surface area contributed by atoms with Crippen LogP contribution in [0.25, 0.3) is 11.1 Å². The molecule has 0 radical (unpaired) electrons. The summed E-state index contributed by atoms with van der Waals surface area (Å²) in [5.41, 5.74) is 1.41. The van der Waals surface area contributed by atoms with Gasteiger partial charge in [-0.25, -0.2) is 0 Å². The van der Waals surface area contributed by atoms with Crippen molar-refractivity contribution in [2.75, 3.05) is 11.9 Å². The van der Waals surface area contributed by atoms with E-state index in [1.54, 1.807) is 0 Å². The van der Waals surface area contributed by atoms with E-state index in [-0.39, 0.29) is 10.9 Å². The van der Waals surface area contributed by atoms with E-state index >= 15 is 0 Å². The van der Waals surface area contributed by atoms with Gasteiger partial charge in [0.15, 0.2) is 0 Å². The van der Waals surface area contributed by atoms with E-state index in [0.29, 0.717) is 17.3 Å². The predicted octanol–water partition coefficient (Wildman–Crippen LogP) is 2.72. The van der Waals surface area contributed by atoms with Crippen LogP contribution in [-0.4, -0.2) is 13.1 Å². The number of hydrogen-bond donors (Lipinski definition) is 0. The number of hydrogen-bond acceptors (Lipinski definition) is 3. The molecular weight excluding hydrogens is 250 g/mol. The molecule has 104 valence electrons. The van der Waals surface area contributed by atoms with Crippen LogP contribution in [0.15, 0.2) is 39.9 Å². The van der Waals surface area contributed by atoms with E-state index in [1.807, 2.05) is 42.3 Å². The normalized spacial score (nSPS) is 16.4. The largest absolute Gasteiger partial charge is 0.368 e. The minimum absolute atomic E-state index is 0.322. The molecule has 0 heterocycles. The smallest absolute Gasteiger partial charge is 0.250 e. The third-order valence-electron chi connectivity index (χ3n) is 4.42. The Hall–Kier alpha value is -1.90. The van der Waals surface area contributed by atoms with Crippen LogP contribution in [0, 0.1) is 0 Å². The maximum atomic E-state index is 12.0. The lowest BCUT2D eigenvalue weighted by Gasteiger charge is -2.34. The van der Waals surface area contributed by atoms with Gasteiger partial charge in [-0.3, -0.25) is 9.59 Å². The van der Waals surface area contributed by atoms with Crippen molar-refractivity contribution in [1.82, 2.24) is 0 Å². The van der Waals surface area contributed by atoms with Crippen LogP contribution in [0.5, 0.6) is 0 Å². The first kappa shape index (κ1) is 13.1. The molecule has 0 bridgehead atoms. The zero-order valence-corrected chi connectivity index (χ0v) is 11.8. The number of nitrogens with zero attached hydrogens (tertiary/aromatic N) is 1. The van der Waals surface area contributed by atoms with Crippen LogP contribution in [0.1, 0.15) is 32.1 Å². The molecule has 1 aliphatic rings. The van der Waals surface area contributed by atoms with Crippen molar-refractivity contribution in [2.45, 2.75) is 38.1 Å². The molecule has 0 atom stereocenters. The molecule has 1 aliphatic carbocycles. The summed E-state index contributed by atoms with van der Waals surface area (Å²) in [7, 11) is 1.96. The fraction of sp³-hybridized carbons (Fsp3) is 0.412. The van der Waals surface area contributed by atoms with E-state index in [2.05, 4.69) is 0 Å². The molecule has 3 rings (SSSR count). The molecule has 1 saturated carbocycles. The Morgan fingerprint density at radius 3 is 2.25 bits per heavy atom. The summed E-state index contributed by atoms with van der Waals surface area (Å²) in [4.78, 5) is 26.0. The lowest BCUT2D eigenvalue weighted by atomic mass is 9.91. The van der Waals surface area contributed by atoms with E-state index < -0.39 is 0 Å². The van der Waals surface area contributed by atoms with Gasteiger partial charge in [0.1, 0.15) is 5.69 Å². The Balaban J connectivity index is 1.96. The SMILES string of the molecule is CN(c1c(-c2ccccc2)c(=O)c1=O)C1CCCCC1. The van der Waals surface area contributed by atoms with E-state index in [9.17, 15) is 9.59 Å². The Labute approximate surface area is 118 Å². The average Bonchev–Trinajstić information content (AvgIpc) is 2.52. The third kappa shape index (κ3) is 2.07. The van der Waals surface area contributed by atoms with Crippen LogP contribution in [0.2, 0.25) is 0 Å². The lowest BCUT2D eigenvalue weighted by Crippen LogP contribution is -2.45. The number of rotatable bonds is 3. The minimum atomic E-state index is -0.339. The second kappa shape index (κ2) is 5.23. The van der Waals surface area contributed by atoms with Gasteiger partial charge in [0, 0.05) is 13.1 Å². The molecule has 0 saturated heterocycles. The van der Waals surface area contributed by atoms with Crippen LogP contribution in [0.3, 0.4) is 0 Å². The molecule has 2 aromatic carbocycles. The van der Waals surface area contributed by atoms with Crippen molar-refractivity contribution in [3.05, 3.63) is 50.8 Å². The van der Waals surface area contributed by atoms with Gasteiger partial charge in [0.2, 0.25) is 10.9 Å². The fourth-order valence-electron chi connectivity index (χ4n) is 3.24. The zero-order chi connectivity index (χ0) is 14.1. The van der Waals surface area contributed by atoms with Gasteiger partial charge < -0.3 is 4.90 Å². The van der Waals surface area contributed by atoms with Crippen molar-refractivity contribution in [2.24, 2.45) is 0 Å². The standard InChI is InChI=1S/C17H19NO2/c1-18(13-10-6-3-7-11-13)15-14(16(19)17(15)20)12-8-4-2-5-9-12/h2,4-5,8-9,13H,3,6-7,10-11H2,1H3. The van der Waals surface area contributed by atoms with Crippen molar-refractivity contribution in [1.29, 1.82) is 0 Å². The molecule has 0 unspecified atom stereocenters. The average molecular weight is 269 g/mol. The first-order valence-electron chi connectivity index (χ1n) is 7.31. The Kier molecular flexibility index (Phi) is 3.43. The second-order valence-corrected chi connectivity index (χ2v) is 5.65.